The van der Waals surface area contributed by atoms with Crippen molar-refractivity contribution in [3.63, 3.8) is 0 Å². The van der Waals surface area contributed by atoms with E-state index >= 15 is 0 Å². The highest BCUT2D eigenvalue weighted by Gasteiger charge is 2.95. The van der Waals surface area contributed by atoms with E-state index in [-0.39, 0.29) is 18.6 Å². The summed E-state index contributed by atoms with van der Waals surface area (Å²) in [4.78, 5) is 11.8. The van der Waals surface area contributed by atoms with Crippen LogP contribution >= 0.6 is 0 Å². The Morgan fingerprint density at radius 3 is 1.45 bits per heavy atom. The molecule has 0 fully saturated rings. The maximum Gasteiger partial charge on any atom is 0.460 e. The van der Waals surface area contributed by atoms with Crippen LogP contribution in [-0.4, -0.2) is 66.8 Å². The topological polar surface area (TPSA) is 35.5 Å². The molecular formula is C22H17F17O3. The standard InChI is InChI=1S/C22H17F17O3/c1-11(2)7-9-42-14(40)12-3-5-13(6-4-12)41-10-8-15(23,24)16(25,26)17(27,28)18(29,30)19(31,32)20(33,34)21(35,36)22(37,38)39/h3-6H,1,7-10H2,2H3. The number of rotatable bonds is 14. The molecule has 242 valence electrons. The Labute approximate surface area is 224 Å². The highest BCUT2D eigenvalue weighted by Crippen LogP contribution is 2.64. The van der Waals surface area contributed by atoms with Gasteiger partial charge in [-0.1, -0.05) is 5.57 Å². The zero-order valence-electron chi connectivity index (χ0n) is 20.5. The number of hydrogen-bond acceptors (Lipinski definition) is 3. The lowest BCUT2D eigenvalue weighted by molar-refractivity contribution is -0.461. The van der Waals surface area contributed by atoms with Gasteiger partial charge >= 0.3 is 53.6 Å². The molecule has 0 N–H and O–H groups in total. The van der Waals surface area contributed by atoms with Crippen LogP contribution in [0.3, 0.4) is 0 Å². The molecule has 0 aliphatic rings. The van der Waals surface area contributed by atoms with Crippen molar-refractivity contribution in [3.8, 4) is 5.75 Å². The summed E-state index contributed by atoms with van der Waals surface area (Å²) in [6, 6.07) is 3.49. The molecule has 1 aromatic rings. The first-order valence-corrected chi connectivity index (χ1v) is 10.8. The first kappa shape index (κ1) is 37.1. The quantitative estimate of drug-likeness (QED) is 0.115. The summed E-state index contributed by atoms with van der Waals surface area (Å²) < 4.78 is 235. The second-order valence-electron chi connectivity index (χ2n) is 8.61. The van der Waals surface area contributed by atoms with Crippen molar-refractivity contribution in [1.29, 1.82) is 0 Å². The van der Waals surface area contributed by atoms with Crippen LogP contribution in [0.15, 0.2) is 36.4 Å². The van der Waals surface area contributed by atoms with Gasteiger partial charge in [0.25, 0.3) is 0 Å². The van der Waals surface area contributed by atoms with Crippen LogP contribution in [-0.2, 0) is 4.74 Å². The monoisotopic (exact) mass is 652 g/mol. The van der Waals surface area contributed by atoms with Crippen LogP contribution in [0.4, 0.5) is 74.6 Å². The molecule has 1 aromatic carbocycles. The zero-order chi connectivity index (χ0) is 33.4. The minimum atomic E-state index is -8.67. The second kappa shape index (κ2) is 11.6. The highest BCUT2D eigenvalue weighted by atomic mass is 19.4. The van der Waals surface area contributed by atoms with Gasteiger partial charge in [0.05, 0.1) is 25.2 Å². The summed E-state index contributed by atoms with van der Waals surface area (Å²) in [5.74, 6) is -58.2. The van der Waals surface area contributed by atoms with E-state index < -0.39 is 72.4 Å². The summed E-state index contributed by atoms with van der Waals surface area (Å²) in [5.41, 5.74) is 0.488. The van der Waals surface area contributed by atoms with Gasteiger partial charge in [0.1, 0.15) is 5.75 Å². The van der Waals surface area contributed by atoms with Gasteiger partial charge in [-0.2, -0.15) is 74.6 Å². The van der Waals surface area contributed by atoms with Crippen LogP contribution in [0.2, 0.25) is 0 Å². The second-order valence-corrected chi connectivity index (χ2v) is 8.61. The first-order chi connectivity index (χ1) is 18.5. The Morgan fingerprint density at radius 2 is 1.05 bits per heavy atom. The predicted molar refractivity (Wildman–Crippen MR) is 107 cm³/mol. The van der Waals surface area contributed by atoms with E-state index in [1.807, 2.05) is 0 Å². The van der Waals surface area contributed by atoms with Crippen LogP contribution in [0.5, 0.6) is 5.75 Å². The van der Waals surface area contributed by atoms with Crippen LogP contribution < -0.4 is 4.74 Å². The highest BCUT2D eigenvalue weighted by molar-refractivity contribution is 5.89. The molecule has 42 heavy (non-hydrogen) atoms. The van der Waals surface area contributed by atoms with E-state index in [9.17, 15) is 79.4 Å². The van der Waals surface area contributed by atoms with Gasteiger partial charge in [0.15, 0.2) is 0 Å². The summed E-state index contributed by atoms with van der Waals surface area (Å²) in [5, 5.41) is 0. The molecular weight excluding hydrogens is 635 g/mol. The molecule has 0 unspecified atom stereocenters. The third-order valence-corrected chi connectivity index (χ3v) is 5.32. The van der Waals surface area contributed by atoms with E-state index in [0.29, 0.717) is 5.57 Å². The van der Waals surface area contributed by atoms with Crippen molar-refractivity contribution in [3.05, 3.63) is 42.0 Å². The lowest BCUT2D eigenvalue weighted by atomic mass is 9.88. The fourth-order valence-corrected chi connectivity index (χ4v) is 2.74. The number of halogens is 17. The van der Waals surface area contributed by atoms with E-state index in [1.165, 1.54) is 0 Å². The van der Waals surface area contributed by atoms with Gasteiger partial charge < -0.3 is 9.47 Å². The molecule has 0 aliphatic heterocycles. The van der Waals surface area contributed by atoms with E-state index in [1.54, 1.807) is 6.92 Å². The number of carbonyl (C=O) groups is 1. The average molecular weight is 652 g/mol. The normalized spacial score (nSPS) is 14.5. The van der Waals surface area contributed by atoms with Gasteiger partial charge in [-0.15, -0.1) is 6.58 Å². The van der Waals surface area contributed by atoms with Crippen molar-refractivity contribution in [2.75, 3.05) is 13.2 Å². The largest absolute Gasteiger partial charge is 0.493 e. The third-order valence-electron chi connectivity index (χ3n) is 5.32. The SMILES string of the molecule is C=C(C)CCOC(=O)c1ccc(OCCC(F)(F)C(F)(F)C(F)(F)C(F)(F)C(F)(F)C(F)(F)C(F)(F)C(F)(F)F)cc1. The van der Waals surface area contributed by atoms with Gasteiger partial charge in [-0.05, 0) is 31.2 Å². The molecule has 0 saturated carbocycles. The molecule has 0 bridgehead atoms. The zero-order valence-corrected chi connectivity index (χ0v) is 20.5. The Kier molecular flexibility index (Phi) is 10.2. The Hall–Kier alpha value is -2.96. The van der Waals surface area contributed by atoms with Crippen LogP contribution in [0.25, 0.3) is 0 Å². The number of benzene rings is 1. The fourth-order valence-electron chi connectivity index (χ4n) is 2.74. The lowest BCUT2D eigenvalue weighted by Crippen LogP contribution is -2.74. The summed E-state index contributed by atoms with van der Waals surface area (Å²) in [6.45, 7) is 3.28. The van der Waals surface area contributed by atoms with Crippen molar-refractivity contribution >= 4 is 5.97 Å². The Balaban J connectivity index is 3.13. The van der Waals surface area contributed by atoms with E-state index in [0.717, 1.165) is 24.3 Å². The van der Waals surface area contributed by atoms with Crippen molar-refractivity contribution < 1.29 is 88.9 Å². The minimum Gasteiger partial charge on any atom is -0.493 e. The first-order valence-electron chi connectivity index (χ1n) is 10.8. The maximum absolute atomic E-state index is 13.9. The molecule has 0 spiro atoms. The van der Waals surface area contributed by atoms with Crippen LogP contribution in [0, 0.1) is 0 Å². The number of ether oxygens (including phenoxy) is 2. The molecule has 1 rings (SSSR count). The molecule has 0 aromatic heterocycles. The summed E-state index contributed by atoms with van der Waals surface area (Å²) in [6.07, 6.45) is -10.3. The third kappa shape index (κ3) is 6.35. The van der Waals surface area contributed by atoms with Crippen molar-refractivity contribution in [2.24, 2.45) is 0 Å². The lowest BCUT2D eigenvalue weighted by Gasteiger charge is -2.42. The Morgan fingerprint density at radius 1 is 0.643 bits per heavy atom. The van der Waals surface area contributed by atoms with Gasteiger partial charge in [0.2, 0.25) is 0 Å². The molecule has 0 aliphatic carbocycles. The Bertz CT molecular complexity index is 1110. The number of esters is 1. The molecule has 20 heteroatoms. The number of carbonyl (C=O) groups excluding carboxylic acids is 1. The smallest absolute Gasteiger partial charge is 0.460 e. The molecule has 0 amide bonds. The number of alkyl halides is 17. The van der Waals surface area contributed by atoms with E-state index in [4.69, 9.17) is 4.74 Å². The van der Waals surface area contributed by atoms with Gasteiger partial charge in [0, 0.05) is 6.42 Å². The molecule has 0 heterocycles. The van der Waals surface area contributed by atoms with Gasteiger partial charge in [-0.3, -0.25) is 0 Å². The molecule has 3 nitrogen and oxygen atoms in total. The summed E-state index contributed by atoms with van der Waals surface area (Å²) >= 11 is 0. The van der Waals surface area contributed by atoms with Crippen molar-refractivity contribution in [1.82, 2.24) is 0 Å². The van der Waals surface area contributed by atoms with E-state index in [2.05, 4.69) is 11.3 Å². The summed E-state index contributed by atoms with van der Waals surface area (Å²) in [7, 11) is 0. The fraction of sp³-hybridized carbons (Fsp3) is 0.591. The average Bonchev–Trinajstić information content (AvgIpc) is 2.82. The minimum absolute atomic E-state index is 0.0896. The van der Waals surface area contributed by atoms with Gasteiger partial charge in [-0.25, -0.2) is 4.79 Å². The predicted octanol–water partition coefficient (Wildman–Crippen LogP) is 8.59. The molecule has 0 saturated heterocycles. The van der Waals surface area contributed by atoms with Crippen molar-refractivity contribution in [2.45, 2.75) is 67.4 Å². The maximum atomic E-state index is 13.9. The molecule has 0 radical (unpaired) electrons. The molecule has 0 atom stereocenters. The number of hydrogen-bond donors (Lipinski definition) is 0. The van der Waals surface area contributed by atoms with Crippen LogP contribution in [0.1, 0.15) is 30.1 Å².